The molecule has 1 aromatic heterocycles. The van der Waals surface area contributed by atoms with Crippen LogP contribution < -0.4 is 0 Å². The Morgan fingerprint density at radius 1 is 1.70 bits per heavy atom. The van der Waals surface area contributed by atoms with Crippen molar-refractivity contribution in [3.05, 3.63) is 17.5 Å². The molecule has 0 radical (unpaired) electrons. The monoisotopic (exact) mass is 133 g/mol. The zero-order valence-electron chi connectivity index (χ0n) is 5.54. The summed E-state index contributed by atoms with van der Waals surface area (Å²) in [6, 6.07) is 3.89. The maximum absolute atomic E-state index is 8.47. The normalized spacial score (nSPS) is 14.7. The molecule has 0 aromatic carbocycles. The predicted molar refractivity (Wildman–Crippen MR) is 35.3 cm³/mol. The minimum Gasteiger partial charge on any atom is -0.268 e. The van der Waals surface area contributed by atoms with Gasteiger partial charge in [0.15, 0.2) is 5.69 Å². The van der Waals surface area contributed by atoms with Gasteiger partial charge in [-0.2, -0.15) is 10.4 Å². The van der Waals surface area contributed by atoms with Crippen molar-refractivity contribution in [3.8, 4) is 6.07 Å². The van der Waals surface area contributed by atoms with Crippen molar-refractivity contribution in [2.24, 2.45) is 0 Å². The Morgan fingerprint density at radius 3 is 3.30 bits per heavy atom. The van der Waals surface area contributed by atoms with Gasteiger partial charge in [-0.3, -0.25) is 4.68 Å². The van der Waals surface area contributed by atoms with E-state index < -0.39 is 0 Å². The van der Waals surface area contributed by atoms with Crippen LogP contribution in [0.25, 0.3) is 0 Å². The van der Waals surface area contributed by atoms with Gasteiger partial charge in [-0.15, -0.1) is 0 Å². The Balaban J connectivity index is 2.49. The highest BCUT2D eigenvalue weighted by molar-refractivity contribution is 5.23. The van der Waals surface area contributed by atoms with E-state index in [2.05, 4.69) is 5.10 Å². The standard InChI is InChI=1S/C7H7N3/c8-5-6-4-7-2-1-3-10(7)9-6/h4H,1-3H2. The van der Waals surface area contributed by atoms with Gasteiger partial charge in [-0.1, -0.05) is 0 Å². The summed E-state index contributed by atoms with van der Waals surface area (Å²) in [6.07, 6.45) is 2.25. The van der Waals surface area contributed by atoms with Gasteiger partial charge < -0.3 is 0 Å². The molecule has 1 aliphatic rings. The highest BCUT2D eigenvalue weighted by atomic mass is 15.3. The SMILES string of the molecule is N#Cc1cc2n(n1)CCC2. The second-order valence-electron chi connectivity index (χ2n) is 2.46. The summed E-state index contributed by atoms with van der Waals surface area (Å²) in [5.74, 6) is 0. The zero-order chi connectivity index (χ0) is 6.97. The summed E-state index contributed by atoms with van der Waals surface area (Å²) in [5.41, 5.74) is 1.76. The number of hydrogen-bond acceptors (Lipinski definition) is 2. The van der Waals surface area contributed by atoms with Crippen LogP contribution in [0.5, 0.6) is 0 Å². The van der Waals surface area contributed by atoms with Gasteiger partial charge in [-0.25, -0.2) is 0 Å². The van der Waals surface area contributed by atoms with Crippen LogP contribution in [0.1, 0.15) is 17.8 Å². The molecule has 3 nitrogen and oxygen atoms in total. The van der Waals surface area contributed by atoms with Crippen LogP contribution in [0, 0.1) is 11.3 Å². The van der Waals surface area contributed by atoms with Crippen molar-refractivity contribution >= 4 is 0 Å². The highest BCUT2D eigenvalue weighted by Crippen LogP contribution is 2.13. The molecular formula is C7H7N3. The second kappa shape index (κ2) is 1.84. The molecule has 0 saturated carbocycles. The molecular weight excluding hydrogens is 126 g/mol. The first-order chi connectivity index (χ1) is 4.90. The maximum atomic E-state index is 8.47. The van der Waals surface area contributed by atoms with Gasteiger partial charge in [0.1, 0.15) is 6.07 Å². The first-order valence-electron chi connectivity index (χ1n) is 3.37. The first kappa shape index (κ1) is 5.48. The van der Waals surface area contributed by atoms with Crippen LogP contribution in [-0.4, -0.2) is 9.78 Å². The van der Waals surface area contributed by atoms with E-state index in [1.165, 1.54) is 12.1 Å². The van der Waals surface area contributed by atoms with Gasteiger partial charge in [-0.05, 0) is 18.9 Å². The van der Waals surface area contributed by atoms with E-state index in [-0.39, 0.29) is 0 Å². The molecule has 0 bridgehead atoms. The third-order valence-corrected chi connectivity index (χ3v) is 1.78. The third kappa shape index (κ3) is 0.623. The Bertz CT molecular complexity index is 271. The minimum absolute atomic E-state index is 0.551. The molecule has 0 aliphatic carbocycles. The van der Waals surface area contributed by atoms with Crippen LogP contribution in [0.2, 0.25) is 0 Å². The fourth-order valence-electron chi connectivity index (χ4n) is 1.31. The molecule has 1 aromatic rings. The smallest absolute Gasteiger partial charge is 0.162 e. The number of nitrogens with zero attached hydrogens (tertiary/aromatic N) is 3. The summed E-state index contributed by atoms with van der Waals surface area (Å²) < 4.78 is 1.92. The molecule has 2 rings (SSSR count). The lowest BCUT2D eigenvalue weighted by Crippen LogP contribution is -1.93. The molecule has 0 N–H and O–H groups in total. The van der Waals surface area contributed by atoms with Gasteiger partial charge in [0.25, 0.3) is 0 Å². The molecule has 3 heteroatoms. The van der Waals surface area contributed by atoms with Crippen molar-refractivity contribution in [2.75, 3.05) is 0 Å². The molecule has 0 atom stereocenters. The third-order valence-electron chi connectivity index (χ3n) is 1.78. The number of rotatable bonds is 0. The van der Waals surface area contributed by atoms with Crippen LogP contribution in [-0.2, 0) is 13.0 Å². The van der Waals surface area contributed by atoms with E-state index in [0.717, 1.165) is 13.0 Å². The van der Waals surface area contributed by atoms with E-state index >= 15 is 0 Å². The van der Waals surface area contributed by atoms with E-state index in [9.17, 15) is 0 Å². The van der Waals surface area contributed by atoms with Gasteiger partial charge in [0.05, 0.1) is 0 Å². The van der Waals surface area contributed by atoms with Crippen molar-refractivity contribution in [1.29, 1.82) is 5.26 Å². The zero-order valence-corrected chi connectivity index (χ0v) is 5.54. The van der Waals surface area contributed by atoms with Crippen LogP contribution in [0.15, 0.2) is 6.07 Å². The summed E-state index contributed by atoms with van der Waals surface area (Å²) in [5, 5.41) is 12.5. The lowest BCUT2D eigenvalue weighted by atomic mass is 10.3. The molecule has 0 amide bonds. The predicted octanol–water partition coefficient (Wildman–Crippen LogP) is 0.701. The van der Waals surface area contributed by atoms with Gasteiger partial charge in [0.2, 0.25) is 0 Å². The number of aromatic nitrogens is 2. The molecule has 1 aliphatic heterocycles. The van der Waals surface area contributed by atoms with Crippen LogP contribution >= 0.6 is 0 Å². The van der Waals surface area contributed by atoms with E-state index in [1.54, 1.807) is 0 Å². The Labute approximate surface area is 58.9 Å². The maximum Gasteiger partial charge on any atom is 0.162 e. The largest absolute Gasteiger partial charge is 0.268 e. The van der Waals surface area contributed by atoms with E-state index in [1.807, 2.05) is 16.8 Å². The second-order valence-corrected chi connectivity index (χ2v) is 2.46. The van der Waals surface area contributed by atoms with E-state index in [4.69, 9.17) is 5.26 Å². The average Bonchev–Trinajstić information content (AvgIpc) is 2.42. The van der Waals surface area contributed by atoms with Crippen molar-refractivity contribution in [2.45, 2.75) is 19.4 Å². The summed E-state index contributed by atoms with van der Waals surface area (Å²) >= 11 is 0. The molecule has 50 valence electrons. The summed E-state index contributed by atoms with van der Waals surface area (Å²) in [4.78, 5) is 0. The minimum atomic E-state index is 0.551. The number of fused-ring (bicyclic) bond motifs is 1. The number of aryl methyl sites for hydroxylation is 2. The molecule has 0 saturated heterocycles. The van der Waals surface area contributed by atoms with Gasteiger partial charge in [0, 0.05) is 12.2 Å². The number of hydrogen-bond donors (Lipinski definition) is 0. The van der Waals surface area contributed by atoms with Crippen molar-refractivity contribution in [3.63, 3.8) is 0 Å². The lowest BCUT2D eigenvalue weighted by Gasteiger charge is -1.88. The first-order valence-corrected chi connectivity index (χ1v) is 3.37. The van der Waals surface area contributed by atoms with Crippen molar-refractivity contribution in [1.82, 2.24) is 9.78 Å². The van der Waals surface area contributed by atoms with Gasteiger partial charge >= 0.3 is 0 Å². The summed E-state index contributed by atoms with van der Waals surface area (Å²) in [6.45, 7) is 0.983. The molecule has 10 heavy (non-hydrogen) atoms. The topological polar surface area (TPSA) is 41.6 Å². The molecule has 0 unspecified atom stereocenters. The fourth-order valence-corrected chi connectivity index (χ4v) is 1.31. The molecule has 0 spiro atoms. The van der Waals surface area contributed by atoms with Crippen LogP contribution in [0.3, 0.4) is 0 Å². The fraction of sp³-hybridized carbons (Fsp3) is 0.429. The highest BCUT2D eigenvalue weighted by Gasteiger charge is 2.12. The quantitative estimate of drug-likeness (QED) is 0.522. The van der Waals surface area contributed by atoms with Crippen LogP contribution in [0.4, 0.5) is 0 Å². The molecule has 2 heterocycles. The Hall–Kier alpha value is -1.30. The van der Waals surface area contributed by atoms with Crippen molar-refractivity contribution < 1.29 is 0 Å². The van der Waals surface area contributed by atoms with E-state index in [0.29, 0.717) is 5.69 Å². The molecule has 0 fully saturated rings. The summed E-state index contributed by atoms with van der Waals surface area (Å²) in [7, 11) is 0. The average molecular weight is 133 g/mol. The Morgan fingerprint density at radius 2 is 2.60 bits per heavy atom. The Kier molecular flexibility index (Phi) is 1.01. The number of nitriles is 1. The lowest BCUT2D eigenvalue weighted by molar-refractivity contribution is 0.654.